The molecule has 0 saturated heterocycles. The summed E-state index contributed by atoms with van der Waals surface area (Å²) in [5.41, 5.74) is 2.78. The van der Waals surface area contributed by atoms with Crippen molar-refractivity contribution < 1.29 is 19.0 Å². The van der Waals surface area contributed by atoms with Crippen molar-refractivity contribution in [3.63, 3.8) is 0 Å². The Bertz CT molecular complexity index is 1020. The number of nitrogens with one attached hydrogen (secondary N) is 1. The summed E-state index contributed by atoms with van der Waals surface area (Å²) in [5.74, 6) is 2.56. The van der Waals surface area contributed by atoms with Crippen LogP contribution < -0.4 is 19.5 Å². The first kappa shape index (κ1) is 22.2. The number of hydrogen-bond donors (Lipinski definition) is 1. The number of para-hydroxylation sites is 3. The Morgan fingerprint density at radius 3 is 2.26 bits per heavy atom. The summed E-state index contributed by atoms with van der Waals surface area (Å²) in [4.78, 5) is 14.6. The van der Waals surface area contributed by atoms with Crippen LogP contribution in [0.25, 0.3) is 0 Å². The van der Waals surface area contributed by atoms with Gasteiger partial charge >= 0.3 is 0 Å². The molecule has 0 heterocycles. The normalized spacial score (nSPS) is 10.6. The van der Waals surface area contributed by atoms with Gasteiger partial charge in [0.1, 0.15) is 5.75 Å². The molecule has 3 aromatic rings. The standard InChI is InChI=1S/C25H28N2O4/c1-18-14-23(29-3)24(30-4)15-19(18)16-27(2)17-25(28)26-21-12-8-9-13-22(21)31-20-10-6-5-7-11-20/h5-15H,16-17H2,1-4H3,(H,26,28). The molecule has 6 nitrogen and oxygen atoms in total. The second-order valence-corrected chi connectivity index (χ2v) is 7.27. The Labute approximate surface area is 183 Å². The highest BCUT2D eigenvalue weighted by Crippen LogP contribution is 2.31. The van der Waals surface area contributed by atoms with Gasteiger partial charge in [-0.15, -0.1) is 0 Å². The number of likely N-dealkylation sites (N-methyl/N-ethyl adjacent to an activating group) is 1. The Hall–Kier alpha value is -3.51. The van der Waals surface area contributed by atoms with Crippen LogP contribution in [0.2, 0.25) is 0 Å². The maximum Gasteiger partial charge on any atom is 0.238 e. The molecule has 0 aromatic heterocycles. The van der Waals surface area contributed by atoms with E-state index in [1.807, 2.05) is 85.6 Å². The van der Waals surface area contributed by atoms with Gasteiger partial charge in [0.15, 0.2) is 17.2 Å². The van der Waals surface area contributed by atoms with E-state index in [-0.39, 0.29) is 12.5 Å². The lowest BCUT2D eigenvalue weighted by atomic mass is 10.1. The molecule has 162 valence electrons. The lowest BCUT2D eigenvalue weighted by Crippen LogP contribution is -2.30. The van der Waals surface area contributed by atoms with Crippen molar-refractivity contribution in [3.8, 4) is 23.0 Å². The van der Waals surface area contributed by atoms with Crippen LogP contribution in [0.5, 0.6) is 23.0 Å². The summed E-state index contributed by atoms with van der Waals surface area (Å²) in [6, 6.07) is 20.8. The lowest BCUT2D eigenvalue weighted by molar-refractivity contribution is -0.117. The molecule has 0 saturated carbocycles. The number of ether oxygens (including phenoxy) is 3. The van der Waals surface area contributed by atoms with Crippen molar-refractivity contribution in [3.05, 3.63) is 77.9 Å². The number of anilines is 1. The molecule has 6 heteroatoms. The van der Waals surface area contributed by atoms with Crippen LogP contribution in [0.4, 0.5) is 5.69 Å². The van der Waals surface area contributed by atoms with Crippen molar-refractivity contribution in [1.82, 2.24) is 4.90 Å². The fourth-order valence-electron chi connectivity index (χ4n) is 3.25. The molecule has 0 aliphatic heterocycles. The molecule has 3 aromatic carbocycles. The SMILES string of the molecule is COc1cc(C)c(CN(C)CC(=O)Nc2ccccc2Oc2ccccc2)cc1OC. The number of carbonyl (C=O) groups is 1. The first-order valence-electron chi connectivity index (χ1n) is 10.0. The second kappa shape index (κ2) is 10.5. The van der Waals surface area contributed by atoms with Gasteiger partial charge in [-0.3, -0.25) is 9.69 Å². The number of aryl methyl sites for hydroxylation is 1. The Morgan fingerprint density at radius 2 is 1.55 bits per heavy atom. The summed E-state index contributed by atoms with van der Waals surface area (Å²) < 4.78 is 16.7. The zero-order chi connectivity index (χ0) is 22.2. The molecule has 0 fully saturated rings. The fraction of sp³-hybridized carbons (Fsp3) is 0.240. The molecule has 0 aliphatic rings. The first-order valence-corrected chi connectivity index (χ1v) is 10.0. The molecule has 31 heavy (non-hydrogen) atoms. The van der Waals surface area contributed by atoms with Crippen LogP contribution in [-0.2, 0) is 11.3 Å². The van der Waals surface area contributed by atoms with Crippen molar-refractivity contribution in [1.29, 1.82) is 0 Å². The lowest BCUT2D eigenvalue weighted by Gasteiger charge is -2.20. The van der Waals surface area contributed by atoms with Crippen molar-refractivity contribution in [2.75, 3.05) is 33.1 Å². The van der Waals surface area contributed by atoms with Gasteiger partial charge in [-0.1, -0.05) is 30.3 Å². The van der Waals surface area contributed by atoms with E-state index in [1.54, 1.807) is 14.2 Å². The summed E-state index contributed by atoms with van der Waals surface area (Å²) in [7, 11) is 5.14. The number of amides is 1. The highest BCUT2D eigenvalue weighted by molar-refractivity contribution is 5.93. The molecular weight excluding hydrogens is 392 g/mol. The predicted molar refractivity (Wildman–Crippen MR) is 122 cm³/mol. The zero-order valence-corrected chi connectivity index (χ0v) is 18.3. The number of carbonyl (C=O) groups excluding carboxylic acids is 1. The molecule has 0 bridgehead atoms. The van der Waals surface area contributed by atoms with Gasteiger partial charge in [0.05, 0.1) is 26.5 Å². The molecule has 1 N–H and O–H groups in total. The van der Waals surface area contributed by atoms with Gasteiger partial charge in [0.2, 0.25) is 5.91 Å². The number of hydrogen-bond acceptors (Lipinski definition) is 5. The molecule has 0 aliphatic carbocycles. The quantitative estimate of drug-likeness (QED) is 0.535. The minimum absolute atomic E-state index is 0.121. The average Bonchev–Trinajstić information content (AvgIpc) is 2.76. The van der Waals surface area contributed by atoms with Gasteiger partial charge in [0.25, 0.3) is 0 Å². The second-order valence-electron chi connectivity index (χ2n) is 7.27. The van der Waals surface area contributed by atoms with E-state index in [0.29, 0.717) is 35.2 Å². The van der Waals surface area contributed by atoms with E-state index in [4.69, 9.17) is 14.2 Å². The number of rotatable bonds is 9. The van der Waals surface area contributed by atoms with Crippen LogP contribution in [-0.4, -0.2) is 38.6 Å². The highest BCUT2D eigenvalue weighted by atomic mass is 16.5. The third-order valence-electron chi connectivity index (χ3n) is 4.83. The number of nitrogens with zero attached hydrogens (tertiary/aromatic N) is 1. The summed E-state index contributed by atoms with van der Waals surface area (Å²) in [5, 5.41) is 2.95. The predicted octanol–water partition coefficient (Wildman–Crippen LogP) is 4.88. The number of methoxy groups -OCH3 is 2. The van der Waals surface area contributed by atoms with E-state index >= 15 is 0 Å². The summed E-state index contributed by atoms with van der Waals surface area (Å²) >= 11 is 0. The van der Waals surface area contributed by atoms with Crippen LogP contribution in [0.1, 0.15) is 11.1 Å². The average molecular weight is 421 g/mol. The molecule has 0 unspecified atom stereocenters. The minimum Gasteiger partial charge on any atom is -0.493 e. The molecule has 0 atom stereocenters. The maximum absolute atomic E-state index is 12.7. The van der Waals surface area contributed by atoms with Gasteiger partial charge < -0.3 is 19.5 Å². The van der Waals surface area contributed by atoms with Crippen molar-refractivity contribution in [2.24, 2.45) is 0 Å². The largest absolute Gasteiger partial charge is 0.493 e. The van der Waals surface area contributed by atoms with Crippen molar-refractivity contribution in [2.45, 2.75) is 13.5 Å². The Kier molecular flexibility index (Phi) is 7.51. The maximum atomic E-state index is 12.7. The van der Waals surface area contributed by atoms with Gasteiger partial charge in [-0.05, 0) is 61.5 Å². The highest BCUT2D eigenvalue weighted by Gasteiger charge is 2.14. The third-order valence-corrected chi connectivity index (χ3v) is 4.83. The molecule has 0 radical (unpaired) electrons. The molecular formula is C25H28N2O4. The zero-order valence-electron chi connectivity index (χ0n) is 18.3. The van der Waals surface area contributed by atoms with Crippen LogP contribution in [0.3, 0.4) is 0 Å². The van der Waals surface area contributed by atoms with E-state index in [1.165, 1.54) is 0 Å². The van der Waals surface area contributed by atoms with E-state index < -0.39 is 0 Å². The monoisotopic (exact) mass is 420 g/mol. The Balaban J connectivity index is 1.64. The van der Waals surface area contributed by atoms with E-state index in [2.05, 4.69) is 5.32 Å². The van der Waals surface area contributed by atoms with E-state index in [9.17, 15) is 4.79 Å². The minimum atomic E-state index is -0.121. The van der Waals surface area contributed by atoms with Gasteiger partial charge in [-0.2, -0.15) is 0 Å². The topological polar surface area (TPSA) is 60.0 Å². The van der Waals surface area contributed by atoms with Crippen LogP contribution in [0.15, 0.2) is 66.7 Å². The number of benzene rings is 3. The molecule has 1 amide bonds. The fourth-order valence-corrected chi connectivity index (χ4v) is 3.25. The third kappa shape index (κ3) is 5.99. The first-order chi connectivity index (χ1) is 15.0. The van der Waals surface area contributed by atoms with Crippen LogP contribution in [0, 0.1) is 6.92 Å². The van der Waals surface area contributed by atoms with Gasteiger partial charge in [-0.25, -0.2) is 0 Å². The smallest absolute Gasteiger partial charge is 0.238 e. The summed E-state index contributed by atoms with van der Waals surface area (Å²) in [6.45, 7) is 2.84. The Morgan fingerprint density at radius 1 is 0.903 bits per heavy atom. The van der Waals surface area contributed by atoms with Crippen molar-refractivity contribution >= 4 is 11.6 Å². The van der Waals surface area contributed by atoms with Crippen LogP contribution >= 0.6 is 0 Å². The van der Waals surface area contributed by atoms with E-state index in [0.717, 1.165) is 11.1 Å². The van der Waals surface area contributed by atoms with Gasteiger partial charge in [0, 0.05) is 6.54 Å². The summed E-state index contributed by atoms with van der Waals surface area (Å²) in [6.07, 6.45) is 0. The molecule has 3 rings (SSSR count). The molecule has 0 spiro atoms.